The number of anilines is 2. The Bertz CT molecular complexity index is 1190. The van der Waals surface area contributed by atoms with Crippen molar-refractivity contribution in [1.82, 2.24) is 0 Å². The number of carbonyl (C=O) groups is 2. The lowest BCUT2D eigenvalue weighted by molar-refractivity contribution is -0.120. The first-order valence-corrected chi connectivity index (χ1v) is 10.1. The summed E-state index contributed by atoms with van der Waals surface area (Å²) in [6, 6.07) is 21.7. The Balaban J connectivity index is 1.87. The van der Waals surface area contributed by atoms with Crippen molar-refractivity contribution >= 4 is 40.4 Å². The second-order valence-corrected chi connectivity index (χ2v) is 7.63. The van der Waals surface area contributed by atoms with E-state index in [9.17, 15) is 9.59 Å². The van der Waals surface area contributed by atoms with Gasteiger partial charge in [0.05, 0.1) is 18.4 Å². The van der Waals surface area contributed by atoms with E-state index in [1.54, 1.807) is 61.5 Å². The monoisotopic (exact) mass is 432 g/mol. The standard InChI is InChI=1S/C25H21ClN2O3/c1-16-9-12-19(15-21(16)26)28-24(29)22(17-10-13-20(31-3)14-11-17)23(25(28)30)27(2)18-7-5-4-6-8-18/h4-15H,1-3H3. The number of imide groups is 1. The van der Waals surface area contributed by atoms with Gasteiger partial charge < -0.3 is 9.64 Å². The molecule has 0 N–H and O–H groups in total. The highest BCUT2D eigenvalue weighted by Crippen LogP contribution is 2.37. The molecule has 3 aromatic carbocycles. The predicted molar refractivity (Wildman–Crippen MR) is 123 cm³/mol. The zero-order valence-corrected chi connectivity index (χ0v) is 18.2. The van der Waals surface area contributed by atoms with Crippen molar-refractivity contribution < 1.29 is 14.3 Å². The van der Waals surface area contributed by atoms with Crippen LogP contribution >= 0.6 is 11.6 Å². The number of hydrogen-bond acceptors (Lipinski definition) is 4. The summed E-state index contributed by atoms with van der Waals surface area (Å²) in [5.41, 5.74) is 3.38. The highest BCUT2D eigenvalue weighted by atomic mass is 35.5. The first-order chi connectivity index (χ1) is 14.9. The molecular formula is C25H21ClN2O3. The van der Waals surface area contributed by atoms with E-state index in [1.807, 2.05) is 37.3 Å². The van der Waals surface area contributed by atoms with Gasteiger partial charge in [0.15, 0.2) is 0 Å². The summed E-state index contributed by atoms with van der Waals surface area (Å²) in [6.07, 6.45) is 0. The van der Waals surface area contributed by atoms with Crippen LogP contribution in [0.1, 0.15) is 11.1 Å². The first-order valence-electron chi connectivity index (χ1n) is 9.74. The van der Waals surface area contributed by atoms with E-state index in [4.69, 9.17) is 16.3 Å². The van der Waals surface area contributed by atoms with Gasteiger partial charge in [-0.2, -0.15) is 0 Å². The SMILES string of the molecule is COc1ccc(C2=C(N(C)c3ccccc3)C(=O)N(c3ccc(C)c(Cl)c3)C2=O)cc1. The summed E-state index contributed by atoms with van der Waals surface area (Å²) < 4.78 is 5.23. The molecule has 3 aromatic rings. The number of para-hydroxylation sites is 1. The van der Waals surface area contributed by atoms with Gasteiger partial charge in [0.2, 0.25) is 0 Å². The molecule has 1 aliphatic rings. The second-order valence-electron chi connectivity index (χ2n) is 7.23. The van der Waals surface area contributed by atoms with E-state index in [2.05, 4.69) is 0 Å². The lowest BCUT2D eigenvalue weighted by atomic mass is 10.0. The number of nitrogens with zero attached hydrogens (tertiary/aromatic N) is 2. The smallest absolute Gasteiger partial charge is 0.282 e. The van der Waals surface area contributed by atoms with Gasteiger partial charge in [0, 0.05) is 17.8 Å². The number of aryl methyl sites for hydroxylation is 1. The van der Waals surface area contributed by atoms with Crippen LogP contribution in [0, 0.1) is 6.92 Å². The van der Waals surface area contributed by atoms with Crippen molar-refractivity contribution in [2.24, 2.45) is 0 Å². The van der Waals surface area contributed by atoms with Crippen LogP contribution < -0.4 is 14.5 Å². The van der Waals surface area contributed by atoms with Crippen LogP contribution in [0.2, 0.25) is 5.02 Å². The summed E-state index contributed by atoms with van der Waals surface area (Å²) in [6.45, 7) is 1.87. The summed E-state index contributed by atoms with van der Waals surface area (Å²) in [5.74, 6) is -0.129. The molecule has 0 saturated heterocycles. The molecule has 0 fully saturated rings. The topological polar surface area (TPSA) is 49.9 Å². The van der Waals surface area contributed by atoms with E-state index in [0.29, 0.717) is 33.3 Å². The zero-order valence-electron chi connectivity index (χ0n) is 17.4. The number of methoxy groups -OCH3 is 1. The average molecular weight is 433 g/mol. The van der Waals surface area contributed by atoms with Gasteiger partial charge in [0.1, 0.15) is 11.4 Å². The number of benzene rings is 3. The minimum Gasteiger partial charge on any atom is -0.497 e. The molecule has 0 unspecified atom stereocenters. The van der Waals surface area contributed by atoms with Gasteiger partial charge in [-0.25, -0.2) is 4.90 Å². The van der Waals surface area contributed by atoms with E-state index >= 15 is 0 Å². The number of likely N-dealkylation sites (N-methyl/N-ethyl adjacent to an activating group) is 1. The molecule has 0 spiro atoms. The lowest BCUT2D eigenvalue weighted by Gasteiger charge is -2.21. The van der Waals surface area contributed by atoms with Gasteiger partial charge in [-0.15, -0.1) is 0 Å². The van der Waals surface area contributed by atoms with Gasteiger partial charge in [-0.05, 0) is 54.4 Å². The summed E-state index contributed by atoms with van der Waals surface area (Å²) in [4.78, 5) is 30.1. The third kappa shape index (κ3) is 3.68. The van der Waals surface area contributed by atoms with Crippen LogP contribution in [0.25, 0.3) is 5.57 Å². The van der Waals surface area contributed by atoms with E-state index < -0.39 is 11.8 Å². The fourth-order valence-electron chi connectivity index (χ4n) is 3.58. The van der Waals surface area contributed by atoms with Crippen LogP contribution in [0.5, 0.6) is 5.75 Å². The van der Waals surface area contributed by atoms with Crippen molar-refractivity contribution in [2.45, 2.75) is 6.92 Å². The summed E-state index contributed by atoms with van der Waals surface area (Å²) >= 11 is 6.28. The zero-order chi connectivity index (χ0) is 22.1. The Morgan fingerprint density at radius 3 is 2.19 bits per heavy atom. The maximum absolute atomic E-state index is 13.6. The Hall–Kier alpha value is -3.57. The van der Waals surface area contributed by atoms with Crippen molar-refractivity contribution in [3.8, 4) is 5.75 Å². The molecule has 0 aliphatic carbocycles. The number of hydrogen-bond donors (Lipinski definition) is 0. The fraction of sp³-hybridized carbons (Fsp3) is 0.120. The molecular weight excluding hydrogens is 412 g/mol. The van der Waals surface area contributed by atoms with Crippen LogP contribution in [0.4, 0.5) is 11.4 Å². The molecule has 156 valence electrons. The quantitative estimate of drug-likeness (QED) is 0.528. The van der Waals surface area contributed by atoms with Gasteiger partial charge in [-0.3, -0.25) is 9.59 Å². The van der Waals surface area contributed by atoms with Crippen molar-refractivity contribution in [2.75, 3.05) is 24.0 Å². The highest BCUT2D eigenvalue weighted by Gasteiger charge is 2.42. The molecule has 0 saturated carbocycles. The largest absolute Gasteiger partial charge is 0.497 e. The van der Waals surface area contributed by atoms with Crippen molar-refractivity contribution in [3.05, 3.63) is 94.6 Å². The molecule has 0 bridgehead atoms. The van der Waals surface area contributed by atoms with Crippen LogP contribution in [-0.2, 0) is 9.59 Å². The Labute approximate surface area is 186 Å². The normalized spacial score (nSPS) is 13.7. The second kappa shape index (κ2) is 8.28. The van der Waals surface area contributed by atoms with E-state index in [-0.39, 0.29) is 0 Å². The first kappa shape index (κ1) is 20.7. The molecule has 0 radical (unpaired) electrons. The van der Waals surface area contributed by atoms with Gasteiger partial charge >= 0.3 is 0 Å². The average Bonchev–Trinajstić information content (AvgIpc) is 3.05. The third-order valence-corrected chi connectivity index (χ3v) is 5.74. The van der Waals surface area contributed by atoms with E-state index in [0.717, 1.165) is 11.3 Å². The van der Waals surface area contributed by atoms with Crippen molar-refractivity contribution in [1.29, 1.82) is 0 Å². The van der Waals surface area contributed by atoms with Crippen LogP contribution in [0.15, 0.2) is 78.5 Å². The molecule has 31 heavy (non-hydrogen) atoms. The number of carbonyl (C=O) groups excluding carboxylic acids is 2. The molecule has 5 nitrogen and oxygen atoms in total. The number of amides is 2. The Morgan fingerprint density at radius 2 is 1.58 bits per heavy atom. The number of ether oxygens (including phenoxy) is 1. The van der Waals surface area contributed by atoms with Gasteiger partial charge in [-0.1, -0.05) is 48.0 Å². The predicted octanol–water partition coefficient (Wildman–Crippen LogP) is 5.08. The molecule has 6 heteroatoms. The van der Waals surface area contributed by atoms with Crippen molar-refractivity contribution in [3.63, 3.8) is 0 Å². The molecule has 1 heterocycles. The fourth-order valence-corrected chi connectivity index (χ4v) is 3.76. The maximum atomic E-state index is 13.6. The van der Waals surface area contributed by atoms with Gasteiger partial charge in [0.25, 0.3) is 11.8 Å². The van der Waals surface area contributed by atoms with E-state index in [1.165, 1.54) is 4.90 Å². The van der Waals surface area contributed by atoms with Crippen LogP contribution in [-0.4, -0.2) is 26.0 Å². The third-order valence-electron chi connectivity index (χ3n) is 5.33. The number of halogens is 1. The lowest BCUT2D eigenvalue weighted by Crippen LogP contribution is -2.34. The molecule has 4 rings (SSSR count). The molecule has 0 atom stereocenters. The highest BCUT2D eigenvalue weighted by molar-refractivity contribution is 6.46. The minimum atomic E-state index is -0.401. The number of rotatable bonds is 5. The summed E-state index contributed by atoms with van der Waals surface area (Å²) in [7, 11) is 3.36. The Kier molecular flexibility index (Phi) is 5.53. The summed E-state index contributed by atoms with van der Waals surface area (Å²) in [5, 5.41) is 0.494. The Morgan fingerprint density at radius 1 is 0.903 bits per heavy atom. The van der Waals surface area contributed by atoms with Crippen LogP contribution in [0.3, 0.4) is 0 Å². The molecule has 0 aromatic heterocycles. The minimum absolute atomic E-state index is 0.304. The maximum Gasteiger partial charge on any atom is 0.282 e. The molecule has 1 aliphatic heterocycles. The molecule has 2 amide bonds.